The molecule has 0 saturated carbocycles. The monoisotopic (exact) mass is 208 g/mol. The fraction of sp³-hybridized carbons (Fsp3) is 0.538. The van der Waals surface area contributed by atoms with Gasteiger partial charge in [0, 0.05) is 0 Å². The molecule has 2 heteroatoms. The van der Waals surface area contributed by atoms with Crippen molar-refractivity contribution in [2.75, 3.05) is 0 Å². The molecule has 0 amide bonds. The van der Waals surface area contributed by atoms with Crippen LogP contribution in [0.2, 0.25) is 0 Å². The van der Waals surface area contributed by atoms with Gasteiger partial charge in [-0.3, -0.25) is 0 Å². The molecule has 1 aromatic rings. The highest BCUT2D eigenvalue weighted by Gasteiger charge is 2.30. The average molecular weight is 208 g/mol. The van der Waals surface area contributed by atoms with E-state index in [9.17, 15) is 10.2 Å². The molecule has 0 aromatic heterocycles. The summed E-state index contributed by atoms with van der Waals surface area (Å²) in [6, 6.07) is 7.60. The van der Waals surface area contributed by atoms with E-state index in [0.717, 1.165) is 11.1 Å². The van der Waals surface area contributed by atoms with Crippen molar-refractivity contribution >= 4 is 0 Å². The molecule has 0 bridgehead atoms. The van der Waals surface area contributed by atoms with Crippen LogP contribution in [0, 0.1) is 12.3 Å². The minimum absolute atomic E-state index is 0.318. The molecule has 0 spiro atoms. The molecule has 1 aromatic carbocycles. The lowest BCUT2D eigenvalue weighted by molar-refractivity contribution is -0.0461. The highest BCUT2D eigenvalue weighted by atomic mass is 16.3. The predicted molar refractivity (Wildman–Crippen MR) is 61.6 cm³/mol. The van der Waals surface area contributed by atoms with E-state index < -0.39 is 12.2 Å². The Balaban J connectivity index is 2.95. The SMILES string of the molecule is Cc1ccccc1C(O)C(O)C(C)(C)C. The number of rotatable bonds is 2. The number of aryl methyl sites for hydroxylation is 1. The summed E-state index contributed by atoms with van der Waals surface area (Å²) in [5, 5.41) is 20.0. The smallest absolute Gasteiger partial charge is 0.106 e. The van der Waals surface area contributed by atoms with Crippen molar-refractivity contribution in [3.8, 4) is 0 Å². The van der Waals surface area contributed by atoms with Gasteiger partial charge in [-0.05, 0) is 23.5 Å². The second-order valence-corrected chi connectivity index (χ2v) is 5.11. The highest BCUT2D eigenvalue weighted by Crippen LogP contribution is 2.31. The van der Waals surface area contributed by atoms with E-state index in [1.165, 1.54) is 0 Å². The van der Waals surface area contributed by atoms with Gasteiger partial charge in [0.15, 0.2) is 0 Å². The Morgan fingerprint density at radius 3 is 2.07 bits per heavy atom. The van der Waals surface area contributed by atoms with Crippen molar-refractivity contribution in [1.29, 1.82) is 0 Å². The molecule has 0 fully saturated rings. The molecular formula is C13H20O2. The summed E-state index contributed by atoms with van der Waals surface area (Å²) in [5.41, 5.74) is 1.50. The molecule has 0 aliphatic rings. The maximum Gasteiger partial charge on any atom is 0.106 e. The third kappa shape index (κ3) is 2.80. The molecule has 0 aliphatic carbocycles. The quantitative estimate of drug-likeness (QED) is 0.783. The molecule has 84 valence electrons. The van der Waals surface area contributed by atoms with E-state index in [1.807, 2.05) is 52.0 Å². The van der Waals surface area contributed by atoms with Crippen LogP contribution in [0.5, 0.6) is 0 Å². The summed E-state index contributed by atoms with van der Waals surface area (Å²) in [7, 11) is 0. The van der Waals surface area contributed by atoms with Crippen molar-refractivity contribution in [2.24, 2.45) is 5.41 Å². The van der Waals surface area contributed by atoms with Crippen LogP contribution in [0.3, 0.4) is 0 Å². The third-order valence-electron chi connectivity index (χ3n) is 2.69. The lowest BCUT2D eigenvalue weighted by Gasteiger charge is -2.30. The van der Waals surface area contributed by atoms with Crippen molar-refractivity contribution in [2.45, 2.75) is 39.9 Å². The van der Waals surface area contributed by atoms with E-state index in [4.69, 9.17) is 0 Å². The summed E-state index contributed by atoms with van der Waals surface area (Å²) in [4.78, 5) is 0. The number of aliphatic hydroxyl groups is 2. The first kappa shape index (κ1) is 12.2. The van der Waals surface area contributed by atoms with Crippen LogP contribution in [-0.4, -0.2) is 16.3 Å². The Morgan fingerprint density at radius 1 is 1.07 bits per heavy atom. The summed E-state index contributed by atoms with van der Waals surface area (Å²) in [6.45, 7) is 7.69. The summed E-state index contributed by atoms with van der Waals surface area (Å²) in [5.74, 6) is 0. The Kier molecular flexibility index (Phi) is 3.53. The molecule has 2 N–H and O–H groups in total. The lowest BCUT2D eigenvalue weighted by Crippen LogP contribution is -2.32. The second-order valence-electron chi connectivity index (χ2n) is 5.11. The van der Waals surface area contributed by atoms with E-state index in [2.05, 4.69) is 0 Å². The first-order valence-electron chi connectivity index (χ1n) is 5.25. The van der Waals surface area contributed by atoms with Crippen LogP contribution >= 0.6 is 0 Å². The van der Waals surface area contributed by atoms with E-state index in [-0.39, 0.29) is 5.41 Å². The molecule has 0 saturated heterocycles. The number of hydrogen-bond donors (Lipinski definition) is 2. The van der Waals surface area contributed by atoms with Crippen LogP contribution in [0.15, 0.2) is 24.3 Å². The maximum absolute atomic E-state index is 10.1. The zero-order valence-corrected chi connectivity index (χ0v) is 9.86. The zero-order valence-electron chi connectivity index (χ0n) is 9.86. The van der Waals surface area contributed by atoms with Crippen LogP contribution in [0.25, 0.3) is 0 Å². The van der Waals surface area contributed by atoms with Crippen LogP contribution in [0.4, 0.5) is 0 Å². The van der Waals surface area contributed by atoms with E-state index in [0.29, 0.717) is 0 Å². The molecule has 0 radical (unpaired) electrons. The number of benzene rings is 1. The van der Waals surface area contributed by atoms with Gasteiger partial charge in [-0.2, -0.15) is 0 Å². The summed E-state index contributed by atoms with van der Waals surface area (Å²) in [6.07, 6.45) is -1.57. The molecule has 2 unspecified atom stereocenters. The standard InChI is InChI=1S/C13H20O2/c1-9-7-5-6-8-10(9)11(14)12(15)13(2,3)4/h5-8,11-12,14-15H,1-4H3. The summed E-state index contributed by atoms with van der Waals surface area (Å²) >= 11 is 0. The minimum atomic E-state index is -0.814. The minimum Gasteiger partial charge on any atom is -0.390 e. The van der Waals surface area contributed by atoms with Crippen LogP contribution in [0.1, 0.15) is 38.0 Å². The van der Waals surface area contributed by atoms with Crippen molar-refractivity contribution in [3.63, 3.8) is 0 Å². The highest BCUT2D eigenvalue weighted by molar-refractivity contribution is 5.28. The maximum atomic E-state index is 10.1. The topological polar surface area (TPSA) is 40.5 Å². The summed E-state index contributed by atoms with van der Waals surface area (Å²) < 4.78 is 0. The van der Waals surface area contributed by atoms with Crippen molar-refractivity contribution in [1.82, 2.24) is 0 Å². The molecule has 2 atom stereocenters. The van der Waals surface area contributed by atoms with Crippen molar-refractivity contribution in [3.05, 3.63) is 35.4 Å². The molecule has 0 aliphatic heterocycles. The molecular weight excluding hydrogens is 188 g/mol. The Labute approximate surface area is 91.6 Å². The van der Waals surface area contributed by atoms with E-state index >= 15 is 0 Å². The van der Waals surface area contributed by atoms with Crippen LogP contribution < -0.4 is 0 Å². The van der Waals surface area contributed by atoms with Gasteiger partial charge < -0.3 is 10.2 Å². The Hall–Kier alpha value is -0.860. The Morgan fingerprint density at radius 2 is 1.60 bits per heavy atom. The number of hydrogen-bond acceptors (Lipinski definition) is 2. The van der Waals surface area contributed by atoms with Gasteiger partial charge in [-0.1, -0.05) is 45.0 Å². The van der Waals surface area contributed by atoms with Gasteiger partial charge >= 0.3 is 0 Å². The molecule has 0 heterocycles. The Bertz CT molecular complexity index is 326. The van der Waals surface area contributed by atoms with Gasteiger partial charge in [-0.15, -0.1) is 0 Å². The first-order valence-corrected chi connectivity index (χ1v) is 5.25. The van der Waals surface area contributed by atoms with Gasteiger partial charge in [0.2, 0.25) is 0 Å². The first-order chi connectivity index (χ1) is 6.84. The average Bonchev–Trinajstić information content (AvgIpc) is 2.15. The fourth-order valence-electron chi connectivity index (χ4n) is 1.56. The predicted octanol–water partition coefficient (Wildman–Crippen LogP) is 2.44. The van der Waals surface area contributed by atoms with Gasteiger partial charge in [0.05, 0.1) is 6.10 Å². The van der Waals surface area contributed by atoms with Crippen LogP contribution in [-0.2, 0) is 0 Å². The normalized spacial score (nSPS) is 16.1. The van der Waals surface area contributed by atoms with E-state index in [1.54, 1.807) is 0 Å². The van der Waals surface area contributed by atoms with Gasteiger partial charge in [0.1, 0.15) is 6.10 Å². The molecule has 15 heavy (non-hydrogen) atoms. The fourth-order valence-corrected chi connectivity index (χ4v) is 1.56. The largest absolute Gasteiger partial charge is 0.390 e. The second kappa shape index (κ2) is 4.33. The van der Waals surface area contributed by atoms with Crippen molar-refractivity contribution < 1.29 is 10.2 Å². The molecule has 1 rings (SSSR count). The lowest BCUT2D eigenvalue weighted by atomic mass is 9.83. The molecule has 2 nitrogen and oxygen atoms in total. The van der Waals surface area contributed by atoms with Gasteiger partial charge in [0.25, 0.3) is 0 Å². The third-order valence-corrected chi connectivity index (χ3v) is 2.69. The zero-order chi connectivity index (χ0) is 11.6. The number of aliphatic hydroxyl groups excluding tert-OH is 2. The van der Waals surface area contributed by atoms with Gasteiger partial charge in [-0.25, -0.2) is 0 Å².